The summed E-state index contributed by atoms with van der Waals surface area (Å²) in [7, 11) is -2.39. The van der Waals surface area contributed by atoms with Crippen molar-refractivity contribution in [1.82, 2.24) is 9.62 Å². The summed E-state index contributed by atoms with van der Waals surface area (Å²) in [6.07, 6.45) is 0.676. The molecule has 2 N–H and O–H groups in total. The summed E-state index contributed by atoms with van der Waals surface area (Å²) >= 11 is 5.99. The number of sulfonamides is 1. The van der Waals surface area contributed by atoms with Crippen molar-refractivity contribution in [1.29, 1.82) is 0 Å². The Balaban J connectivity index is 1.80. The Morgan fingerprint density at radius 2 is 2.00 bits per heavy atom. The molecule has 0 aliphatic carbocycles. The number of hydrogen-bond donors (Lipinski definition) is 2. The molecule has 2 aromatic rings. The third-order valence-corrected chi connectivity index (χ3v) is 6.93. The Morgan fingerprint density at radius 1 is 1.30 bits per heavy atom. The normalized spacial score (nSPS) is 19.9. The molecule has 1 aliphatic heterocycles. The van der Waals surface area contributed by atoms with Crippen molar-refractivity contribution in [2.75, 3.05) is 13.7 Å². The minimum absolute atomic E-state index is 0.168. The summed E-state index contributed by atoms with van der Waals surface area (Å²) in [5, 5.41) is 12.8. The van der Waals surface area contributed by atoms with Gasteiger partial charge >= 0.3 is 0 Å². The van der Waals surface area contributed by atoms with E-state index in [2.05, 4.69) is 5.32 Å². The first-order chi connectivity index (χ1) is 12.8. The molecule has 3 rings (SSSR count). The van der Waals surface area contributed by atoms with Crippen LogP contribution < -0.4 is 5.32 Å². The Labute approximate surface area is 163 Å². The van der Waals surface area contributed by atoms with Crippen LogP contribution in [0.25, 0.3) is 0 Å². The second-order valence-corrected chi connectivity index (χ2v) is 8.97. The van der Waals surface area contributed by atoms with Crippen LogP contribution in [0.2, 0.25) is 5.02 Å². The molecule has 0 fully saturated rings. The lowest BCUT2D eigenvalue weighted by Gasteiger charge is -2.33. The number of aliphatic hydroxyl groups excluding tert-OH is 1. The van der Waals surface area contributed by atoms with E-state index in [1.807, 2.05) is 30.3 Å². The summed E-state index contributed by atoms with van der Waals surface area (Å²) in [5.41, 5.74) is 1.49. The van der Waals surface area contributed by atoms with Gasteiger partial charge in [0.25, 0.3) is 0 Å². The fraction of sp³-hybridized carbons (Fsp3) is 0.316. The first-order valence-electron chi connectivity index (χ1n) is 8.54. The third-order valence-electron chi connectivity index (χ3n) is 4.73. The van der Waals surface area contributed by atoms with Crippen LogP contribution in [0.15, 0.2) is 53.4 Å². The van der Waals surface area contributed by atoms with Gasteiger partial charge in [0.1, 0.15) is 6.04 Å². The number of benzene rings is 2. The van der Waals surface area contributed by atoms with Crippen molar-refractivity contribution in [3.63, 3.8) is 0 Å². The van der Waals surface area contributed by atoms with Crippen LogP contribution in [-0.4, -0.2) is 49.5 Å². The molecule has 0 unspecified atom stereocenters. The Kier molecular flexibility index (Phi) is 5.86. The van der Waals surface area contributed by atoms with Gasteiger partial charge in [0.05, 0.1) is 17.5 Å². The molecule has 2 atom stereocenters. The average molecular weight is 409 g/mol. The predicted molar refractivity (Wildman–Crippen MR) is 103 cm³/mol. The molecule has 1 heterocycles. The van der Waals surface area contributed by atoms with E-state index >= 15 is 0 Å². The fourth-order valence-electron chi connectivity index (χ4n) is 3.23. The van der Waals surface area contributed by atoms with Gasteiger partial charge in [-0.3, -0.25) is 4.79 Å². The lowest BCUT2D eigenvalue weighted by Crippen LogP contribution is -2.54. The summed E-state index contributed by atoms with van der Waals surface area (Å²) in [6, 6.07) is 12.6. The Bertz CT molecular complexity index is 934. The SMILES string of the molecule is CN1[C@@H](C(=O)N[C@H](CO)Cc2ccccc2)Cc2cc(Cl)ccc2S1(=O)=O. The van der Waals surface area contributed by atoms with Gasteiger partial charge in [-0.15, -0.1) is 0 Å². The van der Waals surface area contributed by atoms with Gasteiger partial charge in [0.2, 0.25) is 15.9 Å². The molecule has 0 bridgehead atoms. The van der Waals surface area contributed by atoms with Gasteiger partial charge in [0.15, 0.2) is 0 Å². The number of amides is 1. The predicted octanol–water partition coefficient (Wildman–Crippen LogP) is 1.60. The van der Waals surface area contributed by atoms with Gasteiger partial charge in [-0.05, 0) is 42.2 Å². The Hall–Kier alpha value is -1.93. The fourth-order valence-corrected chi connectivity index (χ4v) is 4.96. The molecule has 27 heavy (non-hydrogen) atoms. The first kappa shape index (κ1) is 19.8. The molecular weight excluding hydrogens is 388 g/mol. The highest BCUT2D eigenvalue weighted by molar-refractivity contribution is 7.89. The highest BCUT2D eigenvalue weighted by Crippen LogP contribution is 2.31. The van der Waals surface area contributed by atoms with E-state index in [0.717, 1.165) is 9.87 Å². The topological polar surface area (TPSA) is 86.7 Å². The van der Waals surface area contributed by atoms with E-state index in [4.69, 9.17) is 11.6 Å². The minimum atomic E-state index is -3.78. The zero-order chi connectivity index (χ0) is 19.6. The van der Waals surface area contributed by atoms with Crippen LogP contribution in [-0.2, 0) is 27.7 Å². The third kappa shape index (κ3) is 4.16. The van der Waals surface area contributed by atoms with Gasteiger partial charge < -0.3 is 10.4 Å². The molecule has 0 spiro atoms. The van der Waals surface area contributed by atoms with E-state index in [9.17, 15) is 18.3 Å². The number of likely N-dealkylation sites (N-methyl/N-ethyl adjacent to an activating group) is 1. The summed E-state index contributed by atoms with van der Waals surface area (Å²) < 4.78 is 26.5. The van der Waals surface area contributed by atoms with Gasteiger partial charge in [-0.25, -0.2) is 8.42 Å². The lowest BCUT2D eigenvalue weighted by molar-refractivity contribution is -0.125. The summed E-state index contributed by atoms with van der Waals surface area (Å²) in [6.45, 7) is -0.244. The minimum Gasteiger partial charge on any atom is -0.394 e. The van der Waals surface area contributed by atoms with Gasteiger partial charge in [-0.2, -0.15) is 4.31 Å². The van der Waals surface area contributed by atoms with Gasteiger partial charge in [0, 0.05) is 12.1 Å². The first-order valence-corrected chi connectivity index (χ1v) is 10.4. The zero-order valence-corrected chi connectivity index (χ0v) is 16.4. The Morgan fingerprint density at radius 3 is 2.67 bits per heavy atom. The second-order valence-electron chi connectivity index (χ2n) is 6.57. The monoisotopic (exact) mass is 408 g/mol. The highest BCUT2D eigenvalue weighted by Gasteiger charge is 2.39. The molecule has 1 amide bonds. The molecule has 1 aliphatic rings. The van der Waals surface area contributed by atoms with E-state index in [1.165, 1.54) is 19.2 Å². The highest BCUT2D eigenvalue weighted by atomic mass is 35.5. The maximum Gasteiger partial charge on any atom is 0.243 e. The second kappa shape index (κ2) is 7.98. The van der Waals surface area contributed by atoms with Crippen LogP contribution in [0.3, 0.4) is 0 Å². The quantitative estimate of drug-likeness (QED) is 0.786. The summed E-state index contributed by atoms with van der Waals surface area (Å²) in [4.78, 5) is 13.0. The molecule has 6 nitrogen and oxygen atoms in total. The molecule has 2 aromatic carbocycles. The largest absolute Gasteiger partial charge is 0.394 e. The zero-order valence-electron chi connectivity index (χ0n) is 14.8. The van der Waals surface area contributed by atoms with E-state index in [-0.39, 0.29) is 17.9 Å². The van der Waals surface area contributed by atoms with Crippen molar-refractivity contribution < 1.29 is 18.3 Å². The van der Waals surface area contributed by atoms with Crippen LogP contribution in [0, 0.1) is 0 Å². The molecular formula is C19H21ClN2O4S. The summed E-state index contributed by atoms with van der Waals surface area (Å²) in [5.74, 6) is -0.443. The average Bonchev–Trinajstić information content (AvgIpc) is 2.64. The van der Waals surface area contributed by atoms with Crippen LogP contribution >= 0.6 is 11.6 Å². The maximum atomic E-state index is 12.8. The van der Waals surface area contributed by atoms with E-state index in [0.29, 0.717) is 17.0 Å². The number of nitrogens with zero attached hydrogens (tertiary/aromatic N) is 1. The molecule has 0 saturated heterocycles. The molecule has 144 valence electrons. The van der Waals surface area contributed by atoms with Crippen molar-refractivity contribution >= 4 is 27.5 Å². The maximum absolute atomic E-state index is 12.8. The van der Waals surface area contributed by atoms with Crippen LogP contribution in [0.5, 0.6) is 0 Å². The number of carbonyl (C=O) groups excluding carboxylic acids is 1. The lowest BCUT2D eigenvalue weighted by atomic mass is 10.0. The molecule has 8 heteroatoms. The number of fused-ring (bicyclic) bond motifs is 1. The van der Waals surface area contributed by atoms with Crippen LogP contribution in [0.1, 0.15) is 11.1 Å². The van der Waals surface area contributed by atoms with E-state index < -0.39 is 28.0 Å². The van der Waals surface area contributed by atoms with Crippen LogP contribution in [0.4, 0.5) is 0 Å². The molecule has 0 saturated carbocycles. The smallest absolute Gasteiger partial charge is 0.243 e. The standard InChI is InChI=1S/C19H21ClN2O4S/c1-22-17(11-14-10-15(20)7-8-18(14)27(22,25)26)19(24)21-16(12-23)9-13-5-3-2-4-6-13/h2-8,10,16-17,23H,9,11-12H2,1H3,(H,21,24)/t16-,17+/m0/s1. The number of halogens is 1. The number of rotatable bonds is 5. The van der Waals surface area contributed by atoms with Crippen molar-refractivity contribution in [2.45, 2.75) is 29.8 Å². The number of carbonyl (C=O) groups is 1. The van der Waals surface area contributed by atoms with Gasteiger partial charge in [-0.1, -0.05) is 41.9 Å². The number of aliphatic hydroxyl groups is 1. The number of nitrogens with one attached hydrogen (secondary N) is 1. The van der Waals surface area contributed by atoms with E-state index in [1.54, 1.807) is 6.07 Å². The van der Waals surface area contributed by atoms with Crippen molar-refractivity contribution in [2.24, 2.45) is 0 Å². The molecule has 0 aromatic heterocycles. The van der Waals surface area contributed by atoms with Crippen molar-refractivity contribution in [3.8, 4) is 0 Å². The number of hydrogen-bond acceptors (Lipinski definition) is 4. The van der Waals surface area contributed by atoms with Crippen molar-refractivity contribution in [3.05, 3.63) is 64.7 Å². The molecule has 0 radical (unpaired) electrons.